The molecule has 1 N–H and O–H groups in total. The molecule has 3 aromatic rings. The molecule has 3 rings (SSSR count). The van der Waals surface area contributed by atoms with Crippen molar-refractivity contribution in [2.24, 2.45) is 0 Å². The number of amides is 1. The van der Waals surface area contributed by atoms with Crippen LogP contribution in [0.3, 0.4) is 0 Å². The fourth-order valence-corrected chi connectivity index (χ4v) is 3.31. The SMILES string of the molecule is COc1cc(OC)c2c(C)c(CC(=O)NCCc3ccc(Cl)cc3)c(=O)oc2c1. The molecular formula is C22H22ClNO5. The summed E-state index contributed by atoms with van der Waals surface area (Å²) in [6, 6.07) is 10.8. The lowest BCUT2D eigenvalue weighted by Gasteiger charge is -2.12. The smallest absolute Gasteiger partial charge is 0.340 e. The predicted octanol–water partition coefficient (Wildman–Crippen LogP) is 3.67. The summed E-state index contributed by atoms with van der Waals surface area (Å²) < 4.78 is 16.1. The largest absolute Gasteiger partial charge is 0.496 e. The number of carbonyl (C=O) groups excluding carboxylic acids is 1. The zero-order valence-corrected chi connectivity index (χ0v) is 17.3. The van der Waals surface area contributed by atoms with E-state index in [2.05, 4.69) is 5.32 Å². The van der Waals surface area contributed by atoms with Crippen LogP contribution in [0.4, 0.5) is 0 Å². The Balaban J connectivity index is 1.77. The van der Waals surface area contributed by atoms with Gasteiger partial charge in [-0.3, -0.25) is 4.79 Å². The third-order valence-electron chi connectivity index (χ3n) is 4.76. The van der Waals surface area contributed by atoms with Crippen LogP contribution in [-0.4, -0.2) is 26.7 Å². The van der Waals surface area contributed by atoms with Gasteiger partial charge in [-0.2, -0.15) is 0 Å². The Morgan fingerprint density at radius 1 is 1.14 bits per heavy atom. The number of carbonyl (C=O) groups is 1. The van der Waals surface area contributed by atoms with Crippen LogP contribution in [-0.2, 0) is 17.6 Å². The van der Waals surface area contributed by atoms with Gasteiger partial charge in [-0.1, -0.05) is 23.7 Å². The van der Waals surface area contributed by atoms with Crippen LogP contribution in [0.2, 0.25) is 5.02 Å². The van der Waals surface area contributed by atoms with Crippen LogP contribution in [0.1, 0.15) is 16.7 Å². The highest BCUT2D eigenvalue weighted by atomic mass is 35.5. The number of halogens is 1. The van der Waals surface area contributed by atoms with Crippen molar-refractivity contribution in [3.8, 4) is 11.5 Å². The Morgan fingerprint density at radius 3 is 2.52 bits per heavy atom. The minimum Gasteiger partial charge on any atom is -0.496 e. The molecule has 1 aromatic heterocycles. The maximum atomic E-state index is 12.5. The van der Waals surface area contributed by atoms with E-state index in [1.165, 1.54) is 14.2 Å². The van der Waals surface area contributed by atoms with Gasteiger partial charge in [0.1, 0.15) is 17.1 Å². The molecule has 0 aliphatic carbocycles. The second-order valence-electron chi connectivity index (χ2n) is 6.60. The summed E-state index contributed by atoms with van der Waals surface area (Å²) in [7, 11) is 3.05. The molecule has 0 aliphatic heterocycles. The number of ether oxygens (including phenoxy) is 2. The van der Waals surface area contributed by atoms with E-state index in [0.717, 1.165) is 5.56 Å². The van der Waals surface area contributed by atoms with Gasteiger partial charge in [0.15, 0.2) is 0 Å². The molecule has 29 heavy (non-hydrogen) atoms. The summed E-state index contributed by atoms with van der Waals surface area (Å²) in [5.41, 5.74) is 1.84. The van der Waals surface area contributed by atoms with Gasteiger partial charge in [-0.15, -0.1) is 0 Å². The summed E-state index contributed by atoms with van der Waals surface area (Å²) in [5.74, 6) is 0.788. The van der Waals surface area contributed by atoms with E-state index in [1.807, 2.05) is 24.3 Å². The fourth-order valence-electron chi connectivity index (χ4n) is 3.19. The minimum atomic E-state index is -0.543. The van der Waals surface area contributed by atoms with E-state index in [1.54, 1.807) is 19.1 Å². The topological polar surface area (TPSA) is 77.8 Å². The highest BCUT2D eigenvalue weighted by Crippen LogP contribution is 2.33. The summed E-state index contributed by atoms with van der Waals surface area (Å²) in [6.45, 7) is 2.24. The van der Waals surface area contributed by atoms with Crippen molar-refractivity contribution < 1.29 is 18.7 Å². The first-order valence-corrected chi connectivity index (χ1v) is 9.50. The summed E-state index contributed by atoms with van der Waals surface area (Å²) in [4.78, 5) is 24.9. The van der Waals surface area contributed by atoms with Gasteiger partial charge in [0.25, 0.3) is 0 Å². The van der Waals surface area contributed by atoms with Crippen molar-refractivity contribution in [2.75, 3.05) is 20.8 Å². The second-order valence-corrected chi connectivity index (χ2v) is 7.04. The molecule has 1 heterocycles. The Kier molecular flexibility index (Phi) is 6.44. The Hall–Kier alpha value is -2.99. The molecule has 0 atom stereocenters. The average Bonchev–Trinajstić information content (AvgIpc) is 2.71. The van der Waals surface area contributed by atoms with E-state index in [9.17, 15) is 9.59 Å². The third kappa shape index (κ3) is 4.71. The monoisotopic (exact) mass is 415 g/mol. The van der Waals surface area contributed by atoms with E-state index in [4.69, 9.17) is 25.5 Å². The van der Waals surface area contributed by atoms with Crippen LogP contribution in [0.25, 0.3) is 11.0 Å². The summed E-state index contributed by atoms with van der Waals surface area (Å²) in [5, 5.41) is 4.16. The normalized spacial score (nSPS) is 10.8. The average molecular weight is 416 g/mol. The lowest BCUT2D eigenvalue weighted by Crippen LogP contribution is -2.29. The molecule has 0 saturated heterocycles. The summed E-state index contributed by atoms with van der Waals surface area (Å²) >= 11 is 5.87. The Labute approximate surface area is 173 Å². The van der Waals surface area contributed by atoms with Gasteiger partial charge in [0, 0.05) is 23.7 Å². The molecule has 0 aliphatic rings. The highest BCUT2D eigenvalue weighted by molar-refractivity contribution is 6.30. The van der Waals surface area contributed by atoms with Gasteiger partial charge >= 0.3 is 5.63 Å². The number of methoxy groups -OCH3 is 2. The van der Waals surface area contributed by atoms with Crippen molar-refractivity contribution in [1.82, 2.24) is 5.32 Å². The zero-order valence-electron chi connectivity index (χ0n) is 16.5. The second kappa shape index (κ2) is 9.01. The standard InChI is InChI=1S/C22H22ClNO5/c1-13-17(12-20(25)24-9-8-14-4-6-15(23)7-5-14)22(26)29-19-11-16(27-2)10-18(28-3)21(13)19/h4-7,10-11H,8-9,12H2,1-3H3,(H,24,25). The van der Waals surface area contributed by atoms with E-state index >= 15 is 0 Å². The number of hydrogen-bond donors (Lipinski definition) is 1. The fraction of sp³-hybridized carbons (Fsp3) is 0.273. The molecule has 0 radical (unpaired) electrons. The van der Waals surface area contributed by atoms with Gasteiger partial charge in [-0.25, -0.2) is 4.79 Å². The minimum absolute atomic E-state index is 0.0695. The lowest BCUT2D eigenvalue weighted by atomic mass is 10.0. The zero-order chi connectivity index (χ0) is 21.0. The quantitative estimate of drug-likeness (QED) is 0.596. The molecule has 1 amide bonds. The Morgan fingerprint density at radius 2 is 1.86 bits per heavy atom. The lowest BCUT2D eigenvalue weighted by molar-refractivity contribution is -0.120. The first kappa shape index (κ1) is 20.7. The molecule has 7 heteroatoms. The van der Waals surface area contributed by atoms with Crippen molar-refractivity contribution in [3.05, 3.63) is 68.5 Å². The maximum Gasteiger partial charge on any atom is 0.340 e. The van der Waals surface area contributed by atoms with Crippen molar-refractivity contribution in [2.45, 2.75) is 19.8 Å². The van der Waals surface area contributed by atoms with Crippen LogP contribution >= 0.6 is 11.6 Å². The third-order valence-corrected chi connectivity index (χ3v) is 5.01. The summed E-state index contributed by atoms with van der Waals surface area (Å²) in [6.07, 6.45) is 0.599. The Bertz CT molecular complexity index is 1090. The first-order valence-electron chi connectivity index (χ1n) is 9.12. The molecule has 0 saturated carbocycles. The van der Waals surface area contributed by atoms with Crippen molar-refractivity contribution in [1.29, 1.82) is 0 Å². The van der Waals surface area contributed by atoms with Crippen LogP contribution < -0.4 is 20.4 Å². The van der Waals surface area contributed by atoms with Gasteiger partial charge in [0.2, 0.25) is 5.91 Å². The number of benzene rings is 2. The molecule has 0 fully saturated rings. The van der Waals surface area contributed by atoms with Crippen LogP contribution in [0.15, 0.2) is 45.6 Å². The van der Waals surface area contributed by atoms with E-state index in [-0.39, 0.29) is 12.3 Å². The van der Waals surface area contributed by atoms with E-state index in [0.29, 0.717) is 51.6 Å². The van der Waals surface area contributed by atoms with Gasteiger partial charge in [0.05, 0.1) is 31.6 Å². The number of fused-ring (bicyclic) bond motifs is 1. The van der Waals surface area contributed by atoms with Crippen LogP contribution in [0, 0.1) is 6.92 Å². The number of nitrogens with one attached hydrogen (secondary N) is 1. The highest BCUT2D eigenvalue weighted by Gasteiger charge is 2.18. The molecular weight excluding hydrogens is 394 g/mol. The molecule has 0 spiro atoms. The number of rotatable bonds is 7. The number of hydrogen-bond acceptors (Lipinski definition) is 5. The molecule has 0 bridgehead atoms. The van der Waals surface area contributed by atoms with E-state index < -0.39 is 5.63 Å². The van der Waals surface area contributed by atoms with Crippen molar-refractivity contribution >= 4 is 28.5 Å². The predicted molar refractivity (Wildman–Crippen MR) is 112 cm³/mol. The van der Waals surface area contributed by atoms with Gasteiger partial charge in [-0.05, 0) is 36.6 Å². The van der Waals surface area contributed by atoms with Crippen LogP contribution in [0.5, 0.6) is 11.5 Å². The maximum absolute atomic E-state index is 12.5. The number of aryl methyl sites for hydroxylation is 1. The molecule has 2 aromatic carbocycles. The van der Waals surface area contributed by atoms with Crippen molar-refractivity contribution in [3.63, 3.8) is 0 Å². The first-order chi connectivity index (χ1) is 13.9. The molecule has 6 nitrogen and oxygen atoms in total. The molecule has 0 unspecified atom stereocenters. The molecule has 152 valence electrons. The van der Waals surface area contributed by atoms with Gasteiger partial charge < -0.3 is 19.2 Å².